The lowest BCUT2D eigenvalue weighted by Crippen LogP contribution is -2.42. The van der Waals surface area contributed by atoms with E-state index < -0.39 is 23.4 Å². The van der Waals surface area contributed by atoms with E-state index in [4.69, 9.17) is 0 Å². The summed E-state index contributed by atoms with van der Waals surface area (Å²) in [4.78, 5) is 41.6. The Balaban J connectivity index is 1.75. The van der Waals surface area contributed by atoms with Crippen molar-refractivity contribution in [1.29, 1.82) is 0 Å². The summed E-state index contributed by atoms with van der Waals surface area (Å²) in [6.07, 6.45) is 1.56. The van der Waals surface area contributed by atoms with Gasteiger partial charge >= 0.3 is 6.03 Å². The summed E-state index contributed by atoms with van der Waals surface area (Å²) in [7, 11) is 0. The van der Waals surface area contributed by atoms with Crippen molar-refractivity contribution in [1.82, 2.24) is 15.2 Å². The van der Waals surface area contributed by atoms with E-state index in [0.717, 1.165) is 4.90 Å². The molecule has 0 spiro atoms. The minimum absolute atomic E-state index is 0.354. The summed E-state index contributed by atoms with van der Waals surface area (Å²) in [5, 5.41) is 7.35. The van der Waals surface area contributed by atoms with Crippen LogP contribution < -0.4 is 10.6 Å². The minimum atomic E-state index is -1.17. The molecule has 4 amide bonds. The van der Waals surface area contributed by atoms with Crippen LogP contribution in [-0.2, 0) is 15.1 Å². The molecule has 0 radical (unpaired) electrons. The summed E-state index contributed by atoms with van der Waals surface area (Å²) in [6, 6.07) is 8.34. The highest BCUT2D eigenvalue weighted by atomic mass is 32.1. The third-order valence-electron chi connectivity index (χ3n) is 3.61. The minimum Gasteiger partial charge on any atom is -0.319 e. The lowest BCUT2D eigenvalue weighted by Gasteiger charge is -2.21. The van der Waals surface area contributed by atoms with E-state index >= 15 is 0 Å². The van der Waals surface area contributed by atoms with Gasteiger partial charge in [0.2, 0.25) is 5.91 Å². The van der Waals surface area contributed by atoms with E-state index in [1.165, 1.54) is 11.3 Å². The number of imide groups is 1. The second-order valence-corrected chi connectivity index (χ2v) is 6.09. The first-order chi connectivity index (χ1) is 11.0. The molecule has 23 heavy (non-hydrogen) atoms. The van der Waals surface area contributed by atoms with Crippen LogP contribution in [0.4, 0.5) is 9.93 Å². The SMILES string of the molecule is C[C@@]1(c2ccccc2)NC(=O)N(CC(=O)Nc2nccs2)C1=O. The molecule has 0 saturated carbocycles. The number of thiazole rings is 1. The van der Waals surface area contributed by atoms with Crippen molar-refractivity contribution in [2.75, 3.05) is 11.9 Å². The normalized spacial score (nSPS) is 20.5. The largest absolute Gasteiger partial charge is 0.325 e. The third-order valence-corrected chi connectivity index (χ3v) is 4.30. The summed E-state index contributed by atoms with van der Waals surface area (Å²) >= 11 is 1.26. The number of anilines is 1. The Bertz CT molecular complexity index is 747. The second-order valence-electron chi connectivity index (χ2n) is 5.20. The van der Waals surface area contributed by atoms with Crippen LogP contribution in [0.15, 0.2) is 41.9 Å². The van der Waals surface area contributed by atoms with Gasteiger partial charge in [-0.3, -0.25) is 14.5 Å². The van der Waals surface area contributed by atoms with Crippen LogP contribution in [0.1, 0.15) is 12.5 Å². The fourth-order valence-electron chi connectivity index (χ4n) is 2.40. The molecule has 2 heterocycles. The van der Waals surface area contributed by atoms with Gasteiger partial charge in [0.15, 0.2) is 5.13 Å². The van der Waals surface area contributed by atoms with E-state index in [2.05, 4.69) is 15.6 Å². The molecule has 7 nitrogen and oxygen atoms in total. The van der Waals surface area contributed by atoms with Gasteiger partial charge in [-0.1, -0.05) is 30.3 Å². The van der Waals surface area contributed by atoms with Gasteiger partial charge < -0.3 is 10.6 Å². The van der Waals surface area contributed by atoms with Gasteiger partial charge in [-0.05, 0) is 12.5 Å². The van der Waals surface area contributed by atoms with Crippen LogP contribution >= 0.6 is 11.3 Å². The number of nitrogens with zero attached hydrogens (tertiary/aromatic N) is 2. The molecule has 1 aromatic heterocycles. The highest BCUT2D eigenvalue weighted by Gasteiger charge is 2.49. The van der Waals surface area contributed by atoms with Crippen molar-refractivity contribution in [3.8, 4) is 0 Å². The Labute approximate surface area is 136 Å². The number of nitrogens with one attached hydrogen (secondary N) is 2. The van der Waals surface area contributed by atoms with Gasteiger partial charge in [0, 0.05) is 11.6 Å². The number of benzene rings is 1. The number of amides is 4. The maximum atomic E-state index is 12.6. The lowest BCUT2D eigenvalue weighted by atomic mass is 9.92. The second kappa shape index (κ2) is 5.81. The standard InChI is InChI=1S/C15H14N4O3S/c1-15(10-5-3-2-4-6-10)12(21)19(14(22)18-15)9-11(20)17-13-16-7-8-23-13/h2-8H,9H2,1H3,(H,18,22)(H,16,17,20)/t15-/m0/s1. The number of rotatable bonds is 4. The van der Waals surface area contributed by atoms with E-state index in [0.29, 0.717) is 10.7 Å². The van der Waals surface area contributed by atoms with Crippen LogP contribution in [0, 0.1) is 0 Å². The molecular formula is C15H14N4O3S. The molecule has 1 saturated heterocycles. The van der Waals surface area contributed by atoms with Crippen molar-refractivity contribution >= 4 is 34.3 Å². The molecule has 118 valence electrons. The first kappa shape index (κ1) is 15.2. The number of carbonyl (C=O) groups is 3. The molecule has 1 aromatic carbocycles. The zero-order chi connectivity index (χ0) is 16.4. The van der Waals surface area contributed by atoms with Gasteiger partial charge in [-0.25, -0.2) is 9.78 Å². The Kier molecular flexibility index (Phi) is 3.83. The molecule has 0 aliphatic carbocycles. The third kappa shape index (κ3) is 2.80. The smallest absolute Gasteiger partial charge is 0.319 e. The number of aromatic nitrogens is 1. The fraction of sp³-hybridized carbons (Fsp3) is 0.200. The van der Waals surface area contributed by atoms with Crippen molar-refractivity contribution in [3.63, 3.8) is 0 Å². The predicted molar refractivity (Wildman–Crippen MR) is 84.8 cm³/mol. The van der Waals surface area contributed by atoms with E-state index in [1.807, 2.05) is 6.07 Å². The van der Waals surface area contributed by atoms with Crippen molar-refractivity contribution in [2.24, 2.45) is 0 Å². The molecular weight excluding hydrogens is 316 g/mol. The van der Waals surface area contributed by atoms with Crippen LogP contribution in [0.5, 0.6) is 0 Å². The average molecular weight is 330 g/mol. The predicted octanol–water partition coefficient (Wildman–Crippen LogP) is 1.55. The van der Waals surface area contributed by atoms with Gasteiger partial charge in [-0.15, -0.1) is 11.3 Å². The average Bonchev–Trinajstić information content (AvgIpc) is 3.11. The number of urea groups is 1. The van der Waals surface area contributed by atoms with E-state index in [9.17, 15) is 14.4 Å². The molecule has 1 atom stereocenters. The van der Waals surface area contributed by atoms with Crippen LogP contribution in [0.2, 0.25) is 0 Å². The topological polar surface area (TPSA) is 91.4 Å². The highest BCUT2D eigenvalue weighted by molar-refractivity contribution is 7.13. The Hall–Kier alpha value is -2.74. The van der Waals surface area contributed by atoms with Gasteiger partial charge in [-0.2, -0.15) is 0 Å². The maximum absolute atomic E-state index is 12.6. The van der Waals surface area contributed by atoms with E-state index in [1.54, 1.807) is 42.8 Å². The summed E-state index contributed by atoms with van der Waals surface area (Å²) < 4.78 is 0. The molecule has 2 aromatic rings. The molecule has 2 N–H and O–H groups in total. The van der Waals surface area contributed by atoms with Crippen molar-refractivity contribution < 1.29 is 14.4 Å². The quantitative estimate of drug-likeness (QED) is 0.832. The fourth-order valence-corrected chi connectivity index (χ4v) is 2.94. The summed E-state index contributed by atoms with van der Waals surface area (Å²) in [6.45, 7) is 1.27. The number of hydrogen-bond donors (Lipinski definition) is 2. The molecule has 0 unspecified atom stereocenters. The maximum Gasteiger partial charge on any atom is 0.325 e. The number of hydrogen-bond acceptors (Lipinski definition) is 5. The molecule has 1 fully saturated rings. The Morgan fingerprint density at radius 1 is 1.35 bits per heavy atom. The van der Waals surface area contributed by atoms with Crippen molar-refractivity contribution in [3.05, 3.63) is 47.5 Å². The van der Waals surface area contributed by atoms with Crippen LogP contribution in [-0.4, -0.2) is 34.3 Å². The monoisotopic (exact) mass is 330 g/mol. The highest BCUT2D eigenvalue weighted by Crippen LogP contribution is 2.28. The summed E-state index contributed by atoms with van der Waals surface area (Å²) in [5.74, 6) is -0.927. The van der Waals surface area contributed by atoms with Crippen LogP contribution in [0.25, 0.3) is 0 Å². The van der Waals surface area contributed by atoms with Crippen molar-refractivity contribution in [2.45, 2.75) is 12.5 Å². The zero-order valence-corrected chi connectivity index (χ0v) is 13.1. The van der Waals surface area contributed by atoms with Gasteiger partial charge in [0.05, 0.1) is 0 Å². The lowest BCUT2D eigenvalue weighted by molar-refractivity contribution is -0.133. The van der Waals surface area contributed by atoms with E-state index in [-0.39, 0.29) is 6.54 Å². The molecule has 8 heteroatoms. The van der Waals surface area contributed by atoms with Gasteiger partial charge in [0.25, 0.3) is 5.91 Å². The Morgan fingerprint density at radius 3 is 2.74 bits per heavy atom. The zero-order valence-electron chi connectivity index (χ0n) is 12.3. The first-order valence-corrected chi connectivity index (χ1v) is 7.77. The Morgan fingerprint density at radius 2 is 2.09 bits per heavy atom. The molecule has 0 bridgehead atoms. The molecule has 1 aliphatic rings. The molecule has 1 aliphatic heterocycles. The number of carbonyl (C=O) groups excluding carboxylic acids is 3. The van der Waals surface area contributed by atoms with Crippen LogP contribution in [0.3, 0.4) is 0 Å². The first-order valence-electron chi connectivity index (χ1n) is 6.90. The summed E-state index contributed by atoms with van der Waals surface area (Å²) in [5.41, 5.74) is -0.499. The van der Waals surface area contributed by atoms with Gasteiger partial charge in [0.1, 0.15) is 12.1 Å². The molecule has 3 rings (SSSR count).